The van der Waals surface area contributed by atoms with E-state index in [9.17, 15) is 8.42 Å². The molecule has 0 radical (unpaired) electrons. The Morgan fingerprint density at radius 3 is 2.36 bits per heavy atom. The number of hydrogen-bond donors (Lipinski definition) is 3. The van der Waals surface area contributed by atoms with E-state index < -0.39 is 22.2 Å². The van der Waals surface area contributed by atoms with Crippen molar-refractivity contribution in [3.63, 3.8) is 0 Å². The van der Waals surface area contributed by atoms with Crippen LogP contribution >= 0.6 is 0 Å². The number of aliphatic hydroxyl groups is 2. The van der Waals surface area contributed by atoms with E-state index in [2.05, 4.69) is 4.18 Å². The van der Waals surface area contributed by atoms with Crippen molar-refractivity contribution in [1.82, 2.24) is 0 Å². The lowest BCUT2D eigenvalue weighted by molar-refractivity contribution is -0.0212. The van der Waals surface area contributed by atoms with Gasteiger partial charge >= 0.3 is 0 Å². The lowest BCUT2D eigenvalue weighted by atomic mass is 10.8. The molecule has 4 N–H and O–H groups in total. The highest BCUT2D eigenvalue weighted by atomic mass is 32.2. The molecular weight excluding hydrogens is 174 g/mol. The summed E-state index contributed by atoms with van der Waals surface area (Å²) in [4.78, 5) is 0. The van der Waals surface area contributed by atoms with Crippen LogP contribution in [-0.4, -0.2) is 43.8 Å². The van der Waals surface area contributed by atoms with Crippen LogP contribution < -0.4 is 5.73 Å². The smallest absolute Gasteiger partial charge is 0.272 e. The van der Waals surface area contributed by atoms with Crippen LogP contribution in [0, 0.1) is 0 Å². The first-order chi connectivity index (χ1) is 4.98. The Morgan fingerprint density at radius 2 is 2.00 bits per heavy atom. The standard InChI is InChI=1S/C4H11NO5S/c5-1-2-10-11(8,9)3-4(6)7/h4,6-7H,1-3,5H2. The second-order valence-corrected chi connectivity index (χ2v) is 3.50. The highest BCUT2D eigenvalue weighted by molar-refractivity contribution is 7.86. The molecule has 0 aromatic rings. The maximum absolute atomic E-state index is 10.6. The molecule has 11 heavy (non-hydrogen) atoms. The fourth-order valence-corrected chi connectivity index (χ4v) is 1.22. The molecule has 0 rings (SSSR count). The summed E-state index contributed by atoms with van der Waals surface area (Å²) >= 11 is 0. The molecule has 0 unspecified atom stereocenters. The second-order valence-electron chi connectivity index (χ2n) is 1.82. The first-order valence-corrected chi connectivity index (χ1v) is 4.49. The highest BCUT2D eigenvalue weighted by Gasteiger charge is 2.14. The van der Waals surface area contributed by atoms with Gasteiger partial charge in [-0.3, -0.25) is 4.18 Å². The zero-order valence-corrected chi connectivity index (χ0v) is 6.62. The minimum absolute atomic E-state index is 0.0702. The van der Waals surface area contributed by atoms with Gasteiger partial charge in [-0.25, -0.2) is 0 Å². The van der Waals surface area contributed by atoms with Crippen LogP contribution in [0.15, 0.2) is 0 Å². The topological polar surface area (TPSA) is 110 Å². The lowest BCUT2D eigenvalue weighted by Crippen LogP contribution is -2.24. The number of rotatable bonds is 5. The molecule has 0 aliphatic rings. The van der Waals surface area contributed by atoms with E-state index in [-0.39, 0.29) is 13.2 Å². The maximum atomic E-state index is 10.6. The van der Waals surface area contributed by atoms with Gasteiger partial charge in [0, 0.05) is 6.54 Å². The zero-order valence-electron chi connectivity index (χ0n) is 5.80. The van der Waals surface area contributed by atoms with Crippen LogP contribution in [0.2, 0.25) is 0 Å². The van der Waals surface area contributed by atoms with E-state index in [1.165, 1.54) is 0 Å². The van der Waals surface area contributed by atoms with Crippen LogP contribution in [-0.2, 0) is 14.3 Å². The van der Waals surface area contributed by atoms with Crippen molar-refractivity contribution >= 4 is 10.1 Å². The Hall–Kier alpha value is -0.210. The van der Waals surface area contributed by atoms with Crippen molar-refractivity contribution in [3.05, 3.63) is 0 Å². The van der Waals surface area contributed by atoms with Gasteiger partial charge in [-0.15, -0.1) is 0 Å². The van der Waals surface area contributed by atoms with Crippen LogP contribution in [0.1, 0.15) is 0 Å². The SMILES string of the molecule is NCCOS(=O)(=O)CC(O)O. The normalized spacial score (nSPS) is 12.4. The van der Waals surface area contributed by atoms with E-state index >= 15 is 0 Å². The molecule has 68 valence electrons. The van der Waals surface area contributed by atoms with Crippen LogP contribution in [0.5, 0.6) is 0 Å². The fraction of sp³-hybridized carbons (Fsp3) is 1.00. The summed E-state index contributed by atoms with van der Waals surface area (Å²) in [7, 11) is -3.82. The van der Waals surface area contributed by atoms with Gasteiger partial charge in [-0.05, 0) is 0 Å². The van der Waals surface area contributed by atoms with Crippen molar-refractivity contribution in [1.29, 1.82) is 0 Å². The molecule has 0 aliphatic carbocycles. The largest absolute Gasteiger partial charge is 0.367 e. The molecule has 0 spiro atoms. The van der Waals surface area contributed by atoms with Crippen LogP contribution in [0.25, 0.3) is 0 Å². The monoisotopic (exact) mass is 185 g/mol. The third-order valence-corrected chi connectivity index (χ3v) is 1.97. The summed E-state index contributed by atoms with van der Waals surface area (Å²) in [6.07, 6.45) is -1.90. The van der Waals surface area contributed by atoms with Crippen molar-refractivity contribution in [2.24, 2.45) is 5.73 Å². The van der Waals surface area contributed by atoms with Crippen molar-refractivity contribution in [2.45, 2.75) is 6.29 Å². The zero-order chi connectivity index (χ0) is 8.91. The summed E-state index contributed by atoms with van der Waals surface area (Å²) < 4.78 is 25.4. The molecule has 6 nitrogen and oxygen atoms in total. The first-order valence-electron chi connectivity index (χ1n) is 2.91. The molecule has 0 aromatic heterocycles. The van der Waals surface area contributed by atoms with Gasteiger partial charge in [-0.2, -0.15) is 8.42 Å². The third kappa shape index (κ3) is 6.20. The minimum Gasteiger partial charge on any atom is -0.367 e. The third-order valence-electron chi connectivity index (χ3n) is 0.734. The molecule has 0 fully saturated rings. The van der Waals surface area contributed by atoms with E-state index in [0.717, 1.165) is 0 Å². The molecule has 0 amide bonds. The number of aliphatic hydroxyl groups excluding tert-OH is 1. The molecule has 0 saturated heterocycles. The van der Waals surface area contributed by atoms with E-state index in [4.69, 9.17) is 15.9 Å². The predicted molar refractivity (Wildman–Crippen MR) is 37.0 cm³/mol. The quantitative estimate of drug-likeness (QED) is 0.325. The van der Waals surface area contributed by atoms with Gasteiger partial charge in [0.05, 0.1) is 6.61 Å². The van der Waals surface area contributed by atoms with Crippen molar-refractivity contribution in [3.8, 4) is 0 Å². The second kappa shape index (κ2) is 4.62. The maximum Gasteiger partial charge on any atom is 0.272 e. The van der Waals surface area contributed by atoms with Crippen molar-refractivity contribution in [2.75, 3.05) is 18.9 Å². The predicted octanol–water partition coefficient (Wildman–Crippen LogP) is -2.40. The molecule has 7 heteroatoms. The molecule has 0 atom stereocenters. The summed E-state index contributed by atoms with van der Waals surface area (Å²) in [5.41, 5.74) is 4.95. The van der Waals surface area contributed by atoms with E-state index in [1.54, 1.807) is 0 Å². The Labute approximate surface area is 64.7 Å². The summed E-state index contributed by atoms with van der Waals surface area (Å²) in [6, 6.07) is 0. The number of nitrogens with two attached hydrogens (primary N) is 1. The highest BCUT2D eigenvalue weighted by Crippen LogP contribution is 1.93. The Kier molecular flexibility index (Phi) is 4.54. The molecular formula is C4H11NO5S. The fourth-order valence-electron chi connectivity index (χ4n) is 0.406. The Balaban J connectivity index is 3.82. The first kappa shape index (κ1) is 10.8. The van der Waals surface area contributed by atoms with Gasteiger partial charge < -0.3 is 15.9 Å². The average Bonchev–Trinajstić information content (AvgIpc) is 1.81. The van der Waals surface area contributed by atoms with Gasteiger partial charge in [0.2, 0.25) is 0 Å². The lowest BCUT2D eigenvalue weighted by Gasteiger charge is -2.04. The number of hydrogen-bond acceptors (Lipinski definition) is 6. The van der Waals surface area contributed by atoms with E-state index in [1.807, 2.05) is 0 Å². The Bertz CT molecular complexity index is 187. The minimum atomic E-state index is -3.82. The summed E-state index contributed by atoms with van der Waals surface area (Å²) in [6.45, 7) is -0.0736. The van der Waals surface area contributed by atoms with Gasteiger partial charge in [-0.1, -0.05) is 0 Å². The molecule has 0 heterocycles. The summed E-state index contributed by atoms with van der Waals surface area (Å²) in [5.74, 6) is -0.826. The van der Waals surface area contributed by atoms with Crippen LogP contribution in [0.3, 0.4) is 0 Å². The summed E-state index contributed by atoms with van der Waals surface area (Å²) in [5, 5.41) is 16.5. The molecule has 0 aromatic carbocycles. The Morgan fingerprint density at radius 1 is 1.45 bits per heavy atom. The average molecular weight is 185 g/mol. The van der Waals surface area contributed by atoms with Gasteiger partial charge in [0.25, 0.3) is 10.1 Å². The van der Waals surface area contributed by atoms with E-state index in [0.29, 0.717) is 0 Å². The van der Waals surface area contributed by atoms with Crippen molar-refractivity contribution < 1.29 is 22.8 Å². The van der Waals surface area contributed by atoms with Crippen LogP contribution in [0.4, 0.5) is 0 Å². The molecule has 0 saturated carbocycles. The van der Waals surface area contributed by atoms with Gasteiger partial charge in [0.15, 0.2) is 6.29 Å². The molecule has 0 bridgehead atoms. The van der Waals surface area contributed by atoms with Gasteiger partial charge in [0.1, 0.15) is 5.75 Å². The molecule has 0 aliphatic heterocycles.